The second-order valence-electron chi connectivity index (χ2n) is 1.82. The molecule has 15 heavy (non-hydrogen) atoms. The van der Waals surface area contributed by atoms with Gasteiger partial charge in [0.15, 0.2) is 0 Å². The fourth-order valence-electron chi connectivity index (χ4n) is 0.439. The molecule has 0 N–H and O–H groups in total. The third-order valence-corrected chi connectivity index (χ3v) is 1.58. The molecular weight excluding hydrogens is 285 g/mol. The maximum atomic E-state index is 8.52. The van der Waals surface area contributed by atoms with Gasteiger partial charge in [-0.05, 0) is 12.1 Å². The summed E-state index contributed by atoms with van der Waals surface area (Å²) in [7, 11) is -5.17. The molecule has 0 spiro atoms. The van der Waals surface area contributed by atoms with Crippen LogP contribution in [0.5, 0.6) is 0 Å². The summed E-state index contributed by atoms with van der Waals surface area (Å²) in [6, 6.07) is 7.19. The van der Waals surface area contributed by atoms with Crippen LogP contribution in [0.3, 0.4) is 0 Å². The van der Waals surface area contributed by atoms with E-state index in [1.54, 1.807) is 12.1 Å². The smallest absolute Gasteiger partial charge is 0.759 e. The van der Waals surface area contributed by atoms with Crippen molar-refractivity contribution in [1.29, 1.82) is 0 Å². The first-order chi connectivity index (χ1) is 5.80. The normalized spacial score (nSPS) is 8.80. The van der Waals surface area contributed by atoms with Gasteiger partial charge in [0.25, 0.3) is 0 Å². The third-order valence-electron chi connectivity index (χ3n) is 0.824. The second kappa shape index (κ2) is 10.8. The summed E-state index contributed by atoms with van der Waals surface area (Å²) < 4.78 is 34.1. The van der Waals surface area contributed by atoms with Crippen LogP contribution in [-0.2, 0) is 10.4 Å². The van der Waals surface area contributed by atoms with Gasteiger partial charge in [0.1, 0.15) is 0 Å². The molecule has 0 atom stereocenters. The van der Waals surface area contributed by atoms with Crippen LogP contribution in [0.25, 0.3) is 0 Å². The van der Waals surface area contributed by atoms with E-state index in [1.165, 1.54) is 0 Å². The number of hydrogen-bond donors (Lipinski definition) is 0. The van der Waals surface area contributed by atoms with Gasteiger partial charge in [-0.25, -0.2) is 0 Å². The molecule has 9 heteroatoms. The molecule has 0 fully saturated rings. The quantitative estimate of drug-likeness (QED) is 0.275. The van der Waals surface area contributed by atoms with Gasteiger partial charge >= 0.3 is 59.1 Å². The van der Waals surface area contributed by atoms with Gasteiger partial charge in [0.05, 0.1) is 10.0 Å². The van der Waals surface area contributed by atoms with Crippen LogP contribution in [0.2, 0.25) is 10.0 Å². The molecule has 0 saturated carbocycles. The van der Waals surface area contributed by atoms with E-state index in [1.807, 2.05) is 12.1 Å². The van der Waals surface area contributed by atoms with Crippen LogP contribution >= 0.6 is 23.2 Å². The first kappa shape index (κ1) is 21.9. The molecule has 74 valence electrons. The molecule has 0 saturated heterocycles. The van der Waals surface area contributed by atoms with E-state index in [0.717, 1.165) is 0 Å². The summed E-state index contributed by atoms with van der Waals surface area (Å²) >= 11 is 11.2. The minimum Gasteiger partial charge on any atom is -0.759 e. The summed E-state index contributed by atoms with van der Waals surface area (Å²) in [6.07, 6.45) is 0. The minimum atomic E-state index is -5.17. The van der Waals surface area contributed by atoms with Gasteiger partial charge in [-0.3, -0.25) is 8.42 Å². The Balaban J connectivity index is -0.000000185. The van der Waals surface area contributed by atoms with Gasteiger partial charge in [-0.2, -0.15) is 0 Å². The summed E-state index contributed by atoms with van der Waals surface area (Å²) in [5.74, 6) is 0. The van der Waals surface area contributed by atoms with Crippen molar-refractivity contribution in [1.82, 2.24) is 0 Å². The fraction of sp³-hybridized carbons (Fsp3) is 0. The van der Waals surface area contributed by atoms with E-state index in [2.05, 4.69) is 0 Å². The molecule has 0 unspecified atom stereocenters. The summed E-state index contributed by atoms with van der Waals surface area (Å²) in [6.45, 7) is 0. The maximum absolute atomic E-state index is 8.52. The number of halogens is 2. The molecule has 0 aromatic heterocycles. The van der Waals surface area contributed by atoms with Crippen molar-refractivity contribution in [2.24, 2.45) is 0 Å². The second-order valence-corrected chi connectivity index (χ2v) is 3.45. The zero-order chi connectivity index (χ0) is 10.5. The monoisotopic (exact) mass is 288 g/mol. The number of rotatable bonds is 0. The Hall–Kier alpha value is 1.67. The predicted octanol–water partition coefficient (Wildman–Crippen LogP) is -4.34. The molecule has 0 heterocycles. The van der Waals surface area contributed by atoms with Crippen molar-refractivity contribution in [3.05, 3.63) is 34.3 Å². The van der Waals surface area contributed by atoms with Crippen LogP contribution in [-0.4, -0.2) is 17.5 Å². The molecule has 0 bridgehead atoms. The van der Waals surface area contributed by atoms with Crippen molar-refractivity contribution >= 4 is 33.6 Å². The zero-order valence-electron chi connectivity index (χ0n) is 8.11. The van der Waals surface area contributed by atoms with Crippen molar-refractivity contribution < 1.29 is 76.6 Å². The van der Waals surface area contributed by atoms with Crippen LogP contribution in [0.4, 0.5) is 0 Å². The Bertz CT molecular complexity index is 342. The van der Waals surface area contributed by atoms with Gasteiger partial charge in [-0.15, -0.1) is 0 Å². The average molecular weight is 289 g/mol. The standard InChI is InChI=1S/C6H4Cl2.2Na.H2O4S/c7-5-3-1-2-4-6(5)8;;;1-5(2,3)4/h1-4H;;;(H2,1,2,3,4)/q;2*+1;/p-2. The summed E-state index contributed by atoms with van der Waals surface area (Å²) in [5, 5.41) is 1.21. The zero-order valence-corrected chi connectivity index (χ0v) is 14.4. The molecule has 0 amide bonds. The molecular formula is C6H4Cl2Na2O4S. The summed E-state index contributed by atoms with van der Waals surface area (Å²) in [5.41, 5.74) is 0. The summed E-state index contributed by atoms with van der Waals surface area (Å²) in [4.78, 5) is 0. The van der Waals surface area contributed by atoms with Crippen molar-refractivity contribution in [3.8, 4) is 0 Å². The van der Waals surface area contributed by atoms with Crippen molar-refractivity contribution in [3.63, 3.8) is 0 Å². The van der Waals surface area contributed by atoms with Crippen molar-refractivity contribution in [2.45, 2.75) is 0 Å². The number of benzene rings is 1. The minimum absolute atomic E-state index is 0. The molecule has 1 aromatic rings. The SMILES string of the molecule is Clc1ccccc1Cl.O=S(=O)([O-])[O-].[Na+].[Na+]. The molecule has 0 aliphatic rings. The Kier molecular flexibility index (Phi) is 15.8. The van der Waals surface area contributed by atoms with E-state index >= 15 is 0 Å². The third kappa shape index (κ3) is 18.2. The Morgan fingerprint density at radius 1 is 0.933 bits per heavy atom. The van der Waals surface area contributed by atoms with Crippen LogP contribution in [0.15, 0.2) is 24.3 Å². The topological polar surface area (TPSA) is 80.3 Å². The fourth-order valence-corrected chi connectivity index (χ4v) is 0.711. The molecule has 1 rings (SSSR count). The Morgan fingerprint density at radius 2 is 1.13 bits per heavy atom. The van der Waals surface area contributed by atoms with Gasteiger partial charge in [-0.1, -0.05) is 35.3 Å². The molecule has 0 radical (unpaired) electrons. The van der Waals surface area contributed by atoms with Crippen LogP contribution < -0.4 is 59.1 Å². The molecule has 0 aliphatic heterocycles. The largest absolute Gasteiger partial charge is 1.00 e. The molecule has 0 aliphatic carbocycles. The van der Waals surface area contributed by atoms with Crippen molar-refractivity contribution in [2.75, 3.05) is 0 Å². The Labute approximate surface area is 143 Å². The number of hydrogen-bond acceptors (Lipinski definition) is 4. The van der Waals surface area contributed by atoms with Gasteiger partial charge in [0.2, 0.25) is 0 Å². The molecule has 4 nitrogen and oxygen atoms in total. The van der Waals surface area contributed by atoms with E-state index in [0.29, 0.717) is 10.0 Å². The maximum Gasteiger partial charge on any atom is 1.00 e. The van der Waals surface area contributed by atoms with E-state index in [-0.39, 0.29) is 59.1 Å². The van der Waals surface area contributed by atoms with Gasteiger partial charge in [0, 0.05) is 10.4 Å². The molecule has 1 aromatic carbocycles. The van der Waals surface area contributed by atoms with Crippen LogP contribution in [0.1, 0.15) is 0 Å². The Morgan fingerprint density at radius 3 is 1.27 bits per heavy atom. The first-order valence-electron chi connectivity index (χ1n) is 2.87. The predicted molar refractivity (Wildman–Crippen MR) is 46.9 cm³/mol. The van der Waals surface area contributed by atoms with E-state index in [4.69, 9.17) is 40.7 Å². The van der Waals surface area contributed by atoms with E-state index < -0.39 is 10.4 Å². The van der Waals surface area contributed by atoms with Gasteiger partial charge < -0.3 is 9.11 Å². The first-order valence-corrected chi connectivity index (χ1v) is 4.96. The van der Waals surface area contributed by atoms with Crippen LogP contribution in [0, 0.1) is 0 Å². The average Bonchev–Trinajstić information content (AvgIpc) is 1.92. The van der Waals surface area contributed by atoms with E-state index in [9.17, 15) is 0 Å².